The van der Waals surface area contributed by atoms with Gasteiger partial charge in [-0.05, 0) is 38.2 Å². The molecule has 0 radical (unpaired) electrons. The molecule has 1 atom stereocenters. The lowest BCUT2D eigenvalue weighted by Gasteiger charge is -2.26. The maximum absolute atomic E-state index is 12.2. The Hall–Kier alpha value is -2.53. The number of aromatic hydroxyl groups is 1. The van der Waals surface area contributed by atoms with Crippen molar-refractivity contribution in [3.8, 4) is 11.5 Å². The van der Waals surface area contributed by atoms with E-state index >= 15 is 0 Å². The first kappa shape index (κ1) is 18.8. The number of methoxy groups -OCH3 is 1. The Balaban J connectivity index is 1.95. The van der Waals surface area contributed by atoms with E-state index < -0.39 is 0 Å². The van der Waals surface area contributed by atoms with Gasteiger partial charge in [0.05, 0.1) is 13.2 Å². The summed E-state index contributed by atoms with van der Waals surface area (Å²) in [7, 11) is 5.60. The van der Waals surface area contributed by atoms with Gasteiger partial charge in [-0.3, -0.25) is 4.79 Å². The number of ether oxygens (including phenoxy) is 1. The average Bonchev–Trinajstić information content (AvgIpc) is 2.61. The number of benzene rings is 2. The van der Waals surface area contributed by atoms with Crippen LogP contribution >= 0.6 is 0 Å². The van der Waals surface area contributed by atoms with E-state index in [2.05, 4.69) is 10.2 Å². The van der Waals surface area contributed by atoms with E-state index in [1.54, 1.807) is 19.2 Å². The summed E-state index contributed by atoms with van der Waals surface area (Å²) in [4.78, 5) is 14.3. The normalized spacial score (nSPS) is 12.0. The summed E-state index contributed by atoms with van der Waals surface area (Å²) in [5.41, 5.74) is 1.82. The van der Waals surface area contributed by atoms with Crippen molar-refractivity contribution in [2.24, 2.45) is 0 Å². The van der Waals surface area contributed by atoms with Gasteiger partial charge in [-0.15, -0.1) is 0 Å². The first-order valence-corrected chi connectivity index (χ1v) is 8.36. The van der Waals surface area contributed by atoms with Gasteiger partial charge in [-0.25, -0.2) is 0 Å². The van der Waals surface area contributed by atoms with Crippen molar-refractivity contribution < 1.29 is 14.6 Å². The minimum atomic E-state index is -0.0370. The summed E-state index contributed by atoms with van der Waals surface area (Å²) >= 11 is 0. The molecule has 0 aliphatic carbocycles. The second kappa shape index (κ2) is 9.08. The van der Waals surface area contributed by atoms with Gasteiger partial charge in [-0.2, -0.15) is 0 Å². The number of aryl methyl sites for hydroxylation is 1. The van der Waals surface area contributed by atoms with Gasteiger partial charge >= 0.3 is 0 Å². The van der Waals surface area contributed by atoms with E-state index in [4.69, 9.17) is 4.74 Å². The quantitative estimate of drug-likeness (QED) is 0.774. The molecule has 0 saturated carbocycles. The molecule has 0 aliphatic heterocycles. The average molecular weight is 342 g/mol. The minimum Gasteiger partial charge on any atom is -0.508 e. The van der Waals surface area contributed by atoms with Crippen LogP contribution in [0.5, 0.6) is 11.5 Å². The van der Waals surface area contributed by atoms with E-state index in [0.29, 0.717) is 19.4 Å². The third-order valence-electron chi connectivity index (χ3n) is 4.23. The van der Waals surface area contributed by atoms with Gasteiger partial charge in [0.2, 0.25) is 5.91 Å². The standard InChI is InChI=1S/C20H26N2O3/c1-22(2)17(16-9-5-7-11-19(16)25-3)14-21-20(24)13-12-15-8-4-6-10-18(15)23/h4-11,17,23H,12-14H2,1-3H3,(H,21,24). The highest BCUT2D eigenvalue weighted by Crippen LogP contribution is 2.27. The van der Waals surface area contributed by atoms with Crippen LogP contribution in [0.3, 0.4) is 0 Å². The second-order valence-electron chi connectivity index (χ2n) is 6.15. The number of nitrogens with one attached hydrogen (secondary N) is 1. The predicted molar refractivity (Wildman–Crippen MR) is 98.9 cm³/mol. The number of likely N-dealkylation sites (N-methyl/N-ethyl adjacent to an activating group) is 1. The zero-order chi connectivity index (χ0) is 18.2. The molecule has 1 amide bonds. The lowest BCUT2D eigenvalue weighted by atomic mass is 10.0. The fourth-order valence-electron chi connectivity index (χ4n) is 2.78. The molecule has 0 spiro atoms. The molecule has 1 unspecified atom stereocenters. The lowest BCUT2D eigenvalue weighted by Crippen LogP contribution is -2.34. The summed E-state index contributed by atoms with van der Waals surface area (Å²) in [6.07, 6.45) is 0.851. The van der Waals surface area contributed by atoms with Gasteiger partial charge in [0.1, 0.15) is 11.5 Å². The first-order valence-electron chi connectivity index (χ1n) is 8.36. The number of carbonyl (C=O) groups excluding carboxylic acids is 1. The third kappa shape index (κ3) is 5.22. The van der Waals surface area contributed by atoms with Gasteiger partial charge in [0.15, 0.2) is 0 Å². The fourth-order valence-corrected chi connectivity index (χ4v) is 2.78. The highest BCUT2D eigenvalue weighted by atomic mass is 16.5. The van der Waals surface area contributed by atoms with Crippen molar-refractivity contribution in [2.75, 3.05) is 27.7 Å². The van der Waals surface area contributed by atoms with E-state index in [1.807, 2.05) is 50.5 Å². The SMILES string of the molecule is COc1ccccc1C(CNC(=O)CCc1ccccc1O)N(C)C. The van der Waals surface area contributed by atoms with E-state index in [9.17, 15) is 9.90 Å². The Morgan fingerprint density at radius 3 is 2.52 bits per heavy atom. The molecule has 0 aliphatic rings. The van der Waals surface area contributed by atoms with E-state index in [0.717, 1.165) is 16.9 Å². The number of phenols is 1. The molecule has 2 aromatic rings. The van der Waals surface area contributed by atoms with Crippen LogP contribution < -0.4 is 10.1 Å². The summed E-state index contributed by atoms with van der Waals surface area (Å²) in [5.74, 6) is 1.00. The predicted octanol–water partition coefficient (Wildman–Crippen LogP) is 2.75. The van der Waals surface area contributed by atoms with Crippen LogP contribution in [0.15, 0.2) is 48.5 Å². The van der Waals surface area contributed by atoms with Crippen molar-refractivity contribution in [1.29, 1.82) is 0 Å². The summed E-state index contributed by atoms with van der Waals surface area (Å²) in [6, 6.07) is 14.9. The van der Waals surface area contributed by atoms with E-state index in [-0.39, 0.29) is 17.7 Å². The number of hydrogen-bond acceptors (Lipinski definition) is 4. The largest absolute Gasteiger partial charge is 0.508 e. The molecule has 134 valence electrons. The Morgan fingerprint density at radius 1 is 1.16 bits per heavy atom. The van der Waals surface area contributed by atoms with Gasteiger partial charge in [0.25, 0.3) is 0 Å². The molecule has 2 rings (SSSR count). The van der Waals surface area contributed by atoms with Crippen LogP contribution in [-0.4, -0.2) is 43.7 Å². The van der Waals surface area contributed by atoms with Gasteiger partial charge in [-0.1, -0.05) is 36.4 Å². The van der Waals surface area contributed by atoms with Gasteiger partial charge < -0.3 is 20.1 Å². The summed E-state index contributed by atoms with van der Waals surface area (Å²) < 4.78 is 5.43. The zero-order valence-corrected chi connectivity index (χ0v) is 15.0. The highest BCUT2D eigenvalue weighted by molar-refractivity contribution is 5.76. The molecule has 5 nitrogen and oxygen atoms in total. The minimum absolute atomic E-state index is 0.0187. The maximum atomic E-state index is 12.2. The molecule has 0 aromatic heterocycles. The maximum Gasteiger partial charge on any atom is 0.220 e. The molecular formula is C20H26N2O3. The molecule has 0 saturated heterocycles. The first-order chi connectivity index (χ1) is 12.0. The molecule has 25 heavy (non-hydrogen) atoms. The summed E-state index contributed by atoms with van der Waals surface area (Å²) in [6.45, 7) is 0.493. The Morgan fingerprint density at radius 2 is 1.84 bits per heavy atom. The lowest BCUT2D eigenvalue weighted by molar-refractivity contribution is -0.121. The van der Waals surface area contributed by atoms with Crippen LogP contribution in [0, 0.1) is 0 Å². The van der Waals surface area contributed by atoms with Crippen molar-refractivity contribution in [2.45, 2.75) is 18.9 Å². The smallest absolute Gasteiger partial charge is 0.220 e. The second-order valence-corrected chi connectivity index (χ2v) is 6.15. The van der Waals surface area contributed by atoms with Crippen LogP contribution in [0.1, 0.15) is 23.6 Å². The molecular weight excluding hydrogens is 316 g/mol. The molecule has 0 heterocycles. The molecule has 5 heteroatoms. The Labute approximate surface area is 149 Å². The van der Waals surface area contributed by atoms with Crippen LogP contribution in [0.2, 0.25) is 0 Å². The molecule has 2 N–H and O–H groups in total. The zero-order valence-electron chi connectivity index (χ0n) is 15.0. The number of nitrogens with zero attached hydrogens (tertiary/aromatic N) is 1. The number of carbonyl (C=O) groups is 1. The number of phenolic OH excluding ortho intramolecular Hbond substituents is 1. The molecule has 2 aromatic carbocycles. The third-order valence-corrected chi connectivity index (χ3v) is 4.23. The number of rotatable bonds is 8. The van der Waals surface area contributed by atoms with E-state index in [1.165, 1.54) is 0 Å². The van der Waals surface area contributed by atoms with Crippen molar-refractivity contribution in [3.63, 3.8) is 0 Å². The monoisotopic (exact) mass is 342 g/mol. The number of amides is 1. The van der Waals surface area contributed by atoms with Crippen molar-refractivity contribution in [3.05, 3.63) is 59.7 Å². The van der Waals surface area contributed by atoms with Crippen molar-refractivity contribution >= 4 is 5.91 Å². The number of hydrogen-bond donors (Lipinski definition) is 2. The summed E-state index contributed by atoms with van der Waals surface area (Å²) in [5, 5.41) is 12.8. The van der Waals surface area contributed by atoms with Crippen LogP contribution in [-0.2, 0) is 11.2 Å². The topological polar surface area (TPSA) is 61.8 Å². The Kier molecular flexibility index (Phi) is 6.83. The molecule has 0 fully saturated rings. The number of para-hydroxylation sites is 2. The van der Waals surface area contributed by atoms with Gasteiger partial charge in [0, 0.05) is 18.5 Å². The fraction of sp³-hybridized carbons (Fsp3) is 0.350. The molecule has 0 bridgehead atoms. The van der Waals surface area contributed by atoms with Crippen molar-refractivity contribution in [1.82, 2.24) is 10.2 Å². The van der Waals surface area contributed by atoms with Crippen LogP contribution in [0.4, 0.5) is 0 Å². The Bertz CT molecular complexity index is 701. The highest BCUT2D eigenvalue weighted by Gasteiger charge is 2.19. The van der Waals surface area contributed by atoms with Crippen LogP contribution in [0.25, 0.3) is 0 Å².